The lowest BCUT2D eigenvalue weighted by atomic mass is 9.94. The Kier molecular flexibility index (Phi) is 55.9. The van der Waals surface area contributed by atoms with Crippen LogP contribution in [0, 0.1) is 23.2 Å². The quantitative estimate of drug-likeness (QED) is 0.0153. The van der Waals surface area contributed by atoms with Crippen LogP contribution in [0.15, 0.2) is 0 Å². The summed E-state index contributed by atoms with van der Waals surface area (Å²) < 4.78 is 0. The van der Waals surface area contributed by atoms with E-state index in [9.17, 15) is 161 Å². The topological polar surface area (TPSA) is 934 Å². The van der Waals surface area contributed by atoms with Crippen LogP contribution in [0.1, 0.15) is 192 Å². The average molecular weight is 2000 g/mol. The maximum atomic E-state index is 14.7. The van der Waals surface area contributed by atoms with Gasteiger partial charge < -0.3 is 169 Å². The number of unbranched alkanes of at least 4 members (excludes halogenated alkanes) is 1. The van der Waals surface area contributed by atoms with Crippen molar-refractivity contribution in [2.75, 3.05) is 39.3 Å². The summed E-state index contributed by atoms with van der Waals surface area (Å²) in [5.41, 5.74) is 16.6. The zero-order chi connectivity index (χ0) is 107. The molecule has 0 bridgehead atoms. The van der Waals surface area contributed by atoms with Crippen molar-refractivity contribution in [1.82, 2.24) is 101 Å². The van der Waals surface area contributed by atoms with Gasteiger partial charge in [0.05, 0.1) is 50.5 Å². The van der Waals surface area contributed by atoms with Gasteiger partial charge in [-0.05, 0) is 130 Å². The second-order valence-corrected chi connectivity index (χ2v) is 34.0. The number of aliphatic carboxylic acids is 6. The van der Waals surface area contributed by atoms with Crippen LogP contribution in [-0.4, -0.2) is 364 Å². The molecular weight excluding hydrogens is 1860 g/mol. The molecule has 1 rings (SSSR count). The molecule has 57 heteroatoms. The number of likely N-dealkylation sites (tertiary alicyclic amines) is 1. The van der Waals surface area contributed by atoms with Crippen molar-refractivity contribution in [3.05, 3.63) is 0 Å². The standard InChI is InChI=1S/C83H139N23O34/c1-12-37(5)61(100-54(112)34-89-53(111)33-90-66(123)39(7)92-78(135)63(41(9)108)105-80(137)65(43(11)110)104-72(129)45(19-16-30-88-83(86)87)94-70(127)47(23-27-57(117)118)95-69(126)46(22-26-56(115)116)93-68(125)44(85)21-25-55(113)114)77(134)101-60(36(3)4)76(133)102-62(38(6)13-2)81(138)106-31-17-20-52(106)75(132)98-50(32-59(121)122)73(130)99-51(35-107)74(131)91-40(8)67(124)103-64(42(10)109)79(136)96-48(24-28-58(119)120)71(128)97-49(82(139)140)18-14-15-29-84/h36-52,60-65,107-110H,12-35,84-85H2,1-11H3,(H,89,111)(H,90,123)(H,91,131)(H,92,135)(H,93,125)(H,94,127)(H,95,126)(H,96,136)(H,97,128)(H,98,132)(H,99,130)(H,100,112)(H,101,134)(H,102,133)(H,103,124)(H,104,129)(H,105,137)(H,113,114)(H,115,116)(H,117,118)(H,119,120)(H,121,122)(H,139,140)(H4,86,87,88)/t37-,38-,39-,40-,41+,42+,43+,44-,45-,46-,47-,48-,49-,50-,51-,52-,60-,61-,62-,63-,64-,65-/m0/s1. The number of hydrogen-bond acceptors (Lipinski definition) is 31. The number of rotatable bonds is 67. The van der Waals surface area contributed by atoms with Gasteiger partial charge in [0, 0.05) is 38.8 Å². The van der Waals surface area contributed by atoms with Crippen LogP contribution in [0.3, 0.4) is 0 Å². The number of carbonyl (C=O) groups is 24. The molecule has 0 spiro atoms. The summed E-state index contributed by atoms with van der Waals surface area (Å²) >= 11 is 0. The Hall–Kier alpha value is -13.7. The van der Waals surface area contributed by atoms with Gasteiger partial charge in [0.25, 0.3) is 0 Å². The molecule has 35 N–H and O–H groups in total. The first-order chi connectivity index (χ1) is 65.4. The highest BCUT2D eigenvalue weighted by molar-refractivity contribution is 6.02. The molecule has 790 valence electrons. The molecule has 22 atom stereocenters. The Labute approximate surface area is 804 Å². The number of carboxylic acid groups (broad SMARTS) is 6. The number of aliphatic hydroxyl groups is 4. The number of nitrogens with two attached hydrogens (primary N) is 3. The highest BCUT2D eigenvalue weighted by atomic mass is 16.4. The van der Waals surface area contributed by atoms with E-state index in [4.69, 9.17) is 27.7 Å². The Morgan fingerprint density at radius 1 is 0.371 bits per heavy atom. The van der Waals surface area contributed by atoms with Crippen molar-refractivity contribution >= 4 is 148 Å². The van der Waals surface area contributed by atoms with Crippen LogP contribution >= 0.6 is 0 Å². The van der Waals surface area contributed by atoms with E-state index in [2.05, 4.69) is 95.7 Å². The highest BCUT2D eigenvalue weighted by Crippen LogP contribution is 2.24. The lowest BCUT2D eigenvalue weighted by Crippen LogP contribution is -2.63. The third kappa shape index (κ3) is 45.3. The Morgan fingerprint density at radius 3 is 1.21 bits per heavy atom. The van der Waals surface area contributed by atoms with Gasteiger partial charge in [-0.2, -0.15) is 0 Å². The first kappa shape index (κ1) is 124. The third-order valence-electron chi connectivity index (χ3n) is 22.1. The van der Waals surface area contributed by atoms with E-state index in [1.807, 2.05) is 0 Å². The van der Waals surface area contributed by atoms with Crippen LogP contribution in [-0.2, 0) is 115 Å². The summed E-state index contributed by atoms with van der Waals surface area (Å²) in [6.07, 6.45) is -11.2. The smallest absolute Gasteiger partial charge is 0.326 e. The molecule has 0 aromatic heterocycles. The monoisotopic (exact) mass is 2000 g/mol. The molecule has 0 unspecified atom stereocenters. The molecule has 1 aliphatic rings. The highest BCUT2D eigenvalue weighted by Gasteiger charge is 2.45. The predicted molar refractivity (Wildman–Crippen MR) is 484 cm³/mol. The maximum Gasteiger partial charge on any atom is 0.326 e. The van der Waals surface area contributed by atoms with Crippen molar-refractivity contribution in [1.29, 1.82) is 5.41 Å². The molecule has 0 aliphatic carbocycles. The Bertz CT molecular complexity index is 4330. The number of carbonyl (C=O) groups excluding carboxylic acids is 18. The number of nitrogens with zero attached hydrogens (tertiary/aromatic N) is 1. The van der Waals surface area contributed by atoms with Crippen LogP contribution in [0.25, 0.3) is 0 Å². The van der Waals surface area contributed by atoms with E-state index in [0.717, 1.165) is 39.5 Å². The summed E-state index contributed by atoms with van der Waals surface area (Å²) in [5.74, 6) is -32.1. The minimum absolute atomic E-state index is 0.0788. The number of hydrogen-bond donors (Lipinski definition) is 32. The lowest BCUT2D eigenvalue weighted by Gasteiger charge is -2.33. The van der Waals surface area contributed by atoms with Gasteiger partial charge in [0.1, 0.15) is 96.7 Å². The predicted octanol–water partition coefficient (Wildman–Crippen LogP) is -11.9. The summed E-state index contributed by atoms with van der Waals surface area (Å²) in [5, 5.41) is 148. The Balaban J connectivity index is 3.29. The van der Waals surface area contributed by atoms with Crippen molar-refractivity contribution in [3.8, 4) is 0 Å². The van der Waals surface area contributed by atoms with E-state index in [0.29, 0.717) is 6.42 Å². The van der Waals surface area contributed by atoms with Crippen molar-refractivity contribution in [2.45, 2.75) is 313 Å². The molecule has 1 saturated heterocycles. The fourth-order valence-electron chi connectivity index (χ4n) is 13.5. The van der Waals surface area contributed by atoms with Crippen LogP contribution in [0.4, 0.5) is 0 Å². The van der Waals surface area contributed by atoms with E-state index in [-0.39, 0.29) is 64.6 Å². The summed E-state index contributed by atoms with van der Waals surface area (Å²) in [4.78, 5) is 319. The number of amides is 18. The van der Waals surface area contributed by atoms with Crippen molar-refractivity contribution < 1.29 is 166 Å². The molecule has 57 nitrogen and oxygen atoms in total. The second kappa shape index (κ2) is 63.0. The summed E-state index contributed by atoms with van der Waals surface area (Å²) in [7, 11) is 0. The zero-order valence-electron chi connectivity index (χ0n) is 79.7. The van der Waals surface area contributed by atoms with Crippen molar-refractivity contribution in [2.24, 2.45) is 35.0 Å². The maximum absolute atomic E-state index is 14.7. The zero-order valence-corrected chi connectivity index (χ0v) is 79.7. The van der Waals surface area contributed by atoms with E-state index in [1.165, 1.54) is 0 Å². The molecule has 1 heterocycles. The molecule has 140 heavy (non-hydrogen) atoms. The van der Waals surface area contributed by atoms with Gasteiger partial charge in [0.2, 0.25) is 106 Å². The average Bonchev–Trinajstić information content (AvgIpc) is 1.63. The fraction of sp³-hybridized carbons (Fsp3) is 0.699. The normalized spacial score (nSPS) is 16.7. The van der Waals surface area contributed by atoms with Crippen LogP contribution < -0.4 is 113 Å². The van der Waals surface area contributed by atoms with Gasteiger partial charge in [-0.3, -0.25) is 116 Å². The van der Waals surface area contributed by atoms with Crippen LogP contribution in [0.5, 0.6) is 0 Å². The molecule has 0 aromatic carbocycles. The first-order valence-corrected chi connectivity index (χ1v) is 45.3. The van der Waals surface area contributed by atoms with Crippen LogP contribution in [0.2, 0.25) is 0 Å². The van der Waals surface area contributed by atoms with E-state index >= 15 is 0 Å². The first-order valence-electron chi connectivity index (χ1n) is 45.3. The van der Waals surface area contributed by atoms with Gasteiger partial charge >= 0.3 is 35.8 Å². The van der Waals surface area contributed by atoms with Gasteiger partial charge in [-0.1, -0.05) is 54.4 Å². The van der Waals surface area contributed by atoms with Gasteiger partial charge in [-0.25, -0.2) is 4.79 Å². The molecule has 0 radical (unpaired) electrons. The molecule has 0 aromatic rings. The molecule has 0 saturated carbocycles. The number of carboxylic acids is 6. The van der Waals surface area contributed by atoms with Gasteiger partial charge in [0.15, 0.2) is 5.96 Å². The third-order valence-corrected chi connectivity index (χ3v) is 22.1. The molecule has 1 aliphatic heterocycles. The van der Waals surface area contributed by atoms with Crippen molar-refractivity contribution in [3.63, 3.8) is 0 Å². The van der Waals surface area contributed by atoms with E-state index < -0.39 is 371 Å². The number of aliphatic hydroxyl groups excluding tert-OH is 4. The lowest BCUT2D eigenvalue weighted by molar-refractivity contribution is -0.145. The Morgan fingerprint density at radius 2 is 0.743 bits per heavy atom. The molecule has 18 amide bonds. The van der Waals surface area contributed by atoms with E-state index in [1.54, 1.807) is 41.5 Å². The molecular formula is C83H139N23O34. The minimum Gasteiger partial charge on any atom is -0.481 e. The molecule has 1 fully saturated rings. The number of nitrogens with one attached hydrogen (secondary N) is 19. The minimum atomic E-state index is -2.05. The summed E-state index contributed by atoms with van der Waals surface area (Å²) in [6, 6.07) is -29.2. The fourth-order valence-corrected chi connectivity index (χ4v) is 13.5. The number of guanidine groups is 1. The summed E-state index contributed by atoms with van der Waals surface area (Å²) in [6.45, 7) is 11.8. The SMILES string of the molecule is CC[C@H](C)[C@H](NC(=O)CNC(=O)CNC(=O)[C@H](C)NC(=O)[C@@H](NC(=O)[C@@H](NC(=O)[C@H](CCCNC(=N)N)NC(=O)[C@H](CCC(=O)O)NC(=O)[C@H](CCC(=O)O)NC(=O)[C@@H](N)CCC(=O)O)[C@@H](C)O)[C@@H](C)O)C(=O)N[C@H](C(=O)N[C@H](C(=O)N1CCC[C@H]1C(=O)N[C@@H](CC(=O)O)C(=O)N[C@@H](CO)C(=O)N[C@@H](C)C(=O)N[C@H](C(=O)N[C@@H](CCC(=O)O)C(=O)N[C@@H](CCCCN)C(=O)O)[C@@H](C)O)[C@@H](C)CC)C(C)C. The second-order valence-electron chi connectivity index (χ2n) is 34.0. The van der Waals surface area contributed by atoms with Gasteiger partial charge in [-0.15, -0.1) is 0 Å². The largest absolute Gasteiger partial charge is 0.481 e.